The average molecular weight is 272 g/mol. The highest BCUT2D eigenvalue weighted by Gasteiger charge is 2.28. The third kappa shape index (κ3) is 1.85. The first-order valence-corrected chi connectivity index (χ1v) is 4.96. The van der Waals surface area contributed by atoms with E-state index in [-0.39, 0.29) is 11.5 Å². The van der Waals surface area contributed by atoms with E-state index in [4.69, 9.17) is 5.73 Å². The Balaban J connectivity index is 2.42. The smallest absolute Gasteiger partial charge is 0.256 e. The Kier molecular flexibility index (Phi) is 2.44. The Hall–Kier alpha value is -1.43. The van der Waals surface area contributed by atoms with Crippen LogP contribution in [0.3, 0.4) is 0 Å². The lowest BCUT2D eigenvalue weighted by atomic mass is 10.1. The molecule has 2 rings (SSSR count). The van der Waals surface area contributed by atoms with Gasteiger partial charge in [-0.15, -0.1) is 0 Å². The maximum atomic E-state index is 13.5. The summed E-state index contributed by atoms with van der Waals surface area (Å²) in [4.78, 5) is 15.1. The van der Waals surface area contributed by atoms with E-state index >= 15 is 0 Å². The van der Waals surface area contributed by atoms with Gasteiger partial charge in [0, 0.05) is 10.0 Å². The second-order valence-electron chi connectivity index (χ2n) is 3.07. The van der Waals surface area contributed by atoms with Crippen molar-refractivity contribution in [3.63, 3.8) is 0 Å². The van der Waals surface area contributed by atoms with E-state index in [2.05, 4.69) is 26.2 Å². The fourth-order valence-corrected chi connectivity index (χ4v) is 1.69. The lowest BCUT2D eigenvalue weighted by Crippen LogP contribution is -2.31. The van der Waals surface area contributed by atoms with Gasteiger partial charge in [-0.25, -0.2) is 9.38 Å². The molecule has 0 fully saturated rings. The zero-order valence-corrected chi connectivity index (χ0v) is 9.08. The number of benzene rings is 1. The molecule has 1 aromatic rings. The second-order valence-corrected chi connectivity index (χ2v) is 3.99. The highest BCUT2D eigenvalue weighted by Crippen LogP contribution is 2.25. The first-order chi connectivity index (χ1) is 7.08. The van der Waals surface area contributed by atoms with Crippen molar-refractivity contribution < 1.29 is 9.18 Å². The van der Waals surface area contributed by atoms with Crippen molar-refractivity contribution in [3.05, 3.63) is 34.1 Å². The maximum Gasteiger partial charge on any atom is 0.256 e. The molecule has 1 unspecified atom stereocenters. The molecular weight excluding hydrogens is 265 g/mol. The van der Waals surface area contributed by atoms with Crippen LogP contribution in [0.5, 0.6) is 0 Å². The summed E-state index contributed by atoms with van der Waals surface area (Å²) >= 11 is 3.13. The summed E-state index contributed by atoms with van der Waals surface area (Å²) in [6, 6.07) is 3.56. The molecule has 0 radical (unpaired) electrons. The average Bonchev–Trinajstić information content (AvgIpc) is 2.45. The van der Waals surface area contributed by atoms with Crippen LogP contribution < -0.4 is 11.1 Å². The molecule has 1 atom stereocenters. The quantitative estimate of drug-likeness (QED) is 0.803. The minimum absolute atomic E-state index is 0.0207. The van der Waals surface area contributed by atoms with Crippen LogP contribution >= 0.6 is 15.9 Å². The third-order valence-electron chi connectivity index (χ3n) is 2.02. The number of nitrogens with two attached hydrogens (primary N) is 1. The molecular formula is C9H7BrFN3O. The maximum absolute atomic E-state index is 13.5. The molecule has 1 aliphatic heterocycles. The predicted molar refractivity (Wildman–Crippen MR) is 56.6 cm³/mol. The van der Waals surface area contributed by atoms with Gasteiger partial charge in [0.15, 0.2) is 12.0 Å². The van der Waals surface area contributed by atoms with Crippen molar-refractivity contribution in [3.8, 4) is 0 Å². The van der Waals surface area contributed by atoms with Crippen LogP contribution in [0.2, 0.25) is 0 Å². The summed E-state index contributed by atoms with van der Waals surface area (Å²) in [5, 5.41) is 2.32. The number of nitrogens with zero attached hydrogens (tertiary/aromatic N) is 1. The number of amides is 1. The molecule has 1 aliphatic rings. The Morgan fingerprint density at radius 1 is 1.53 bits per heavy atom. The number of carbonyl (C=O) groups excluding carboxylic acids is 1. The fraction of sp³-hybridized carbons (Fsp3) is 0.111. The van der Waals surface area contributed by atoms with Crippen LogP contribution in [-0.4, -0.2) is 11.9 Å². The van der Waals surface area contributed by atoms with Crippen LogP contribution in [0.15, 0.2) is 27.7 Å². The van der Waals surface area contributed by atoms with Crippen LogP contribution in [0.1, 0.15) is 11.6 Å². The molecule has 1 amide bonds. The predicted octanol–water partition coefficient (Wildman–Crippen LogP) is 1.07. The van der Waals surface area contributed by atoms with Gasteiger partial charge in [-0.1, -0.05) is 22.0 Å². The summed E-state index contributed by atoms with van der Waals surface area (Å²) in [6.07, 6.45) is 0. The van der Waals surface area contributed by atoms with Gasteiger partial charge in [-0.2, -0.15) is 0 Å². The molecule has 4 nitrogen and oxygen atoms in total. The van der Waals surface area contributed by atoms with Gasteiger partial charge in [0.1, 0.15) is 5.82 Å². The number of carbonyl (C=O) groups is 1. The van der Waals surface area contributed by atoms with Crippen LogP contribution in [-0.2, 0) is 4.79 Å². The molecule has 1 heterocycles. The molecule has 1 aromatic carbocycles. The van der Waals surface area contributed by atoms with Gasteiger partial charge in [0.25, 0.3) is 5.91 Å². The van der Waals surface area contributed by atoms with Gasteiger partial charge in [0.2, 0.25) is 0 Å². The monoisotopic (exact) mass is 271 g/mol. The van der Waals surface area contributed by atoms with E-state index in [1.807, 2.05) is 0 Å². The summed E-state index contributed by atoms with van der Waals surface area (Å²) in [5.74, 6) is -0.871. The van der Waals surface area contributed by atoms with E-state index in [1.165, 1.54) is 12.1 Å². The number of nitrogens with one attached hydrogen (secondary N) is 1. The molecule has 78 valence electrons. The van der Waals surface area contributed by atoms with Crippen molar-refractivity contribution in [1.82, 2.24) is 5.32 Å². The zero-order chi connectivity index (χ0) is 11.0. The Morgan fingerprint density at radius 3 is 2.80 bits per heavy atom. The first kappa shape index (κ1) is 10.1. The van der Waals surface area contributed by atoms with E-state index in [0.29, 0.717) is 4.47 Å². The topological polar surface area (TPSA) is 67.5 Å². The Bertz CT molecular complexity index is 461. The molecule has 15 heavy (non-hydrogen) atoms. The SMILES string of the molecule is NC1=NC(c2ccc(Br)cc2F)C(=O)N1. The third-order valence-corrected chi connectivity index (χ3v) is 2.52. The van der Waals surface area contributed by atoms with Crippen LogP contribution in [0, 0.1) is 5.82 Å². The molecule has 3 N–H and O–H groups in total. The standard InChI is InChI=1S/C9H7BrFN3O/c10-4-1-2-5(6(11)3-4)7-8(15)14-9(12)13-7/h1-3,7H,(H3,12,13,14,15). The summed E-state index contributed by atoms with van der Waals surface area (Å²) in [5.41, 5.74) is 5.54. The van der Waals surface area contributed by atoms with Crippen molar-refractivity contribution in [2.75, 3.05) is 0 Å². The zero-order valence-electron chi connectivity index (χ0n) is 7.50. The summed E-state index contributed by atoms with van der Waals surface area (Å²) in [6.45, 7) is 0. The molecule has 0 spiro atoms. The molecule has 0 saturated carbocycles. The van der Waals surface area contributed by atoms with E-state index in [9.17, 15) is 9.18 Å². The van der Waals surface area contributed by atoms with Crippen molar-refractivity contribution in [2.45, 2.75) is 6.04 Å². The van der Waals surface area contributed by atoms with Crippen molar-refractivity contribution in [2.24, 2.45) is 10.7 Å². The fourth-order valence-electron chi connectivity index (χ4n) is 1.36. The Morgan fingerprint density at radius 2 is 2.27 bits per heavy atom. The molecule has 6 heteroatoms. The number of hydrogen-bond acceptors (Lipinski definition) is 3. The Labute approximate surface area is 93.5 Å². The molecule has 0 aromatic heterocycles. The van der Waals surface area contributed by atoms with E-state index in [0.717, 1.165) is 0 Å². The first-order valence-electron chi connectivity index (χ1n) is 4.17. The van der Waals surface area contributed by atoms with Crippen LogP contribution in [0.4, 0.5) is 4.39 Å². The lowest BCUT2D eigenvalue weighted by Gasteiger charge is -2.06. The summed E-state index contributed by atoms with van der Waals surface area (Å²) in [7, 11) is 0. The highest BCUT2D eigenvalue weighted by atomic mass is 79.9. The van der Waals surface area contributed by atoms with Crippen molar-refractivity contribution >= 4 is 27.8 Å². The minimum Gasteiger partial charge on any atom is -0.370 e. The molecule has 0 saturated heterocycles. The van der Waals surface area contributed by atoms with E-state index < -0.39 is 17.8 Å². The van der Waals surface area contributed by atoms with Crippen molar-refractivity contribution in [1.29, 1.82) is 0 Å². The van der Waals surface area contributed by atoms with Gasteiger partial charge < -0.3 is 5.73 Å². The minimum atomic E-state index is -0.877. The van der Waals surface area contributed by atoms with Gasteiger partial charge in [-0.05, 0) is 12.1 Å². The summed E-state index contributed by atoms with van der Waals surface area (Å²) < 4.78 is 14.1. The highest BCUT2D eigenvalue weighted by molar-refractivity contribution is 9.10. The number of rotatable bonds is 1. The van der Waals surface area contributed by atoms with Gasteiger partial charge >= 0.3 is 0 Å². The normalized spacial score (nSPS) is 20.0. The lowest BCUT2D eigenvalue weighted by molar-refractivity contribution is -0.120. The van der Waals surface area contributed by atoms with Gasteiger partial charge in [-0.3, -0.25) is 10.1 Å². The largest absolute Gasteiger partial charge is 0.370 e. The second kappa shape index (κ2) is 3.62. The molecule has 0 bridgehead atoms. The number of guanidine groups is 1. The van der Waals surface area contributed by atoms with E-state index in [1.54, 1.807) is 6.07 Å². The number of hydrogen-bond donors (Lipinski definition) is 2. The number of halogens is 2. The number of aliphatic imine (C=N–C) groups is 1. The van der Waals surface area contributed by atoms with Gasteiger partial charge in [0.05, 0.1) is 0 Å². The van der Waals surface area contributed by atoms with Crippen LogP contribution in [0.25, 0.3) is 0 Å². The molecule has 0 aliphatic carbocycles.